The fourth-order valence-electron chi connectivity index (χ4n) is 3.56. The lowest BCUT2D eigenvalue weighted by molar-refractivity contribution is -0.126. The highest BCUT2D eigenvalue weighted by atomic mass is 35.5. The Balaban J connectivity index is 1.65. The summed E-state index contributed by atoms with van der Waals surface area (Å²) >= 11 is 13.0. The molecule has 0 fully saturated rings. The van der Waals surface area contributed by atoms with E-state index in [-0.39, 0.29) is 27.2 Å². The van der Waals surface area contributed by atoms with Gasteiger partial charge in [-0.3, -0.25) is 4.79 Å². The Bertz CT molecular complexity index is 1590. The number of nitrogens with one attached hydrogen (secondary N) is 3. The first-order valence-corrected chi connectivity index (χ1v) is 12.4. The third kappa shape index (κ3) is 6.61. The van der Waals surface area contributed by atoms with Crippen molar-refractivity contribution in [3.05, 3.63) is 83.3 Å². The predicted molar refractivity (Wildman–Crippen MR) is 152 cm³/mol. The first kappa shape index (κ1) is 29.4. The second-order valence-electron chi connectivity index (χ2n) is 8.20. The Morgan fingerprint density at radius 1 is 0.902 bits per heavy atom. The number of nitrogens with zero attached hydrogens (tertiary/aromatic N) is 3. The van der Waals surface area contributed by atoms with Gasteiger partial charge in [-0.15, -0.1) is 0 Å². The minimum absolute atomic E-state index is 0.0862. The molecule has 0 radical (unpaired) electrons. The van der Waals surface area contributed by atoms with Gasteiger partial charge in [-0.2, -0.15) is 13.2 Å². The molecule has 0 bridgehead atoms. The highest BCUT2D eigenvalue weighted by molar-refractivity contribution is 6.41. The van der Waals surface area contributed by atoms with Crippen LogP contribution >= 0.6 is 23.2 Å². The summed E-state index contributed by atoms with van der Waals surface area (Å²) in [4.78, 5) is 25.0. The Morgan fingerprint density at radius 3 is 2.20 bits per heavy atom. The Morgan fingerprint density at radius 2 is 1.56 bits per heavy atom. The zero-order valence-electron chi connectivity index (χ0n) is 21.4. The van der Waals surface area contributed by atoms with Gasteiger partial charge in [-0.1, -0.05) is 41.9 Å². The quantitative estimate of drug-likeness (QED) is 0.169. The van der Waals surface area contributed by atoms with E-state index in [1.807, 2.05) is 0 Å². The number of hydrogen-bond donors (Lipinski definition) is 3. The average molecular weight is 605 g/mol. The van der Waals surface area contributed by atoms with Gasteiger partial charge in [0, 0.05) is 23.9 Å². The van der Waals surface area contributed by atoms with Crippen molar-refractivity contribution in [3.8, 4) is 22.8 Å². The Kier molecular flexibility index (Phi) is 8.84. The molecule has 0 aliphatic heterocycles. The largest absolute Gasteiger partial charge is 0.495 e. The summed E-state index contributed by atoms with van der Waals surface area (Å²) in [6.07, 6.45) is -2.03. The number of carbonyl (C=O) groups is 1. The third-order valence-electron chi connectivity index (χ3n) is 5.62. The summed E-state index contributed by atoms with van der Waals surface area (Å²) in [6, 6.07) is 12.8. The number of amides is 1. The third-order valence-corrected chi connectivity index (χ3v) is 6.37. The second-order valence-corrected chi connectivity index (χ2v) is 8.95. The monoisotopic (exact) mass is 604 g/mol. The number of para-hydroxylation sites is 2. The zero-order valence-corrected chi connectivity index (χ0v) is 22.9. The van der Waals surface area contributed by atoms with Crippen LogP contribution in [0.2, 0.25) is 10.0 Å². The maximum Gasteiger partial charge on any atom is 0.421 e. The SMILES string of the molecule is C=C(C(=O)Nc1ccccc1Nc1cc(-c2cccnc2Nc2c(Cl)c(OC)cc(OC)c2Cl)ncn1)C(F)(F)F. The molecule has 1 amide bonds. The van der Waals surface area contributed by atoms with Crippen molar-refractivity contribution in [3.63, 3.8) is 0 Å². The minimum atomic E-state index is -4.87. The van der Waals surface area contributed by atoms with Crippen LogP contribution < -0.4 is 25.4 Å². The van der Waals surface area contributed by atoms with Crippen molar-refractivity contribution < 1.29 is 27.4 Å². The van der Waals surface area contributed by atoms with Gasteiger partial charge >= 0.3 is 6.18 Å². The van der Waals surface area contributed by atoms with E-state index in [2.05, 4.69) is 37.5 Å². The van der Waals surface area contributed by atoms with Gasteiger partial charge < -0.3 is 25.4 Å². The normalized spacial score (nSPS) is 11.0. The molecule has 2 aromatic carbocycles. The van der Waals surface area contributed by atoms with Gasteiger partial charge in [0.1, 0.15) is 45.1 Å². The van der Waals surface area contributed by atoms with Crippen LogP contribution in [0, 0.1) is 0 Å². The van der Waals surface area contributed by atoms with Crippen LogP contribution in [0.3, 0.4) is 0 Å². The van der Waals surface area contributed by atoms with Crippen LogP contribution in [0.1, 0.15) is 0 Å². The lowest BCUT2D eigenvalue weighted by Gasteiger charge is -2.17. The number of methoxy groups -OCH3 is 2. The van der Waals surface area contributed by atoms with Crippen molar-refractivity contribution in [1.82, 2.24) is 15.0 Å². The van der Waals surface area contributed by atoms with E-state index in [4.69, 9.17) is 32.7 Å². The van der Waals surface area contributed by atoms with E-state index in [0.29, 0.717) is 34.3 Å². The molecule has 4 aromatic rings. The lowest BCUT2D eigenvalue weighted by atomic mass is 10.1. The van der Waals surface area contributed by atoms with E-state index >= 15 is 0 Å². The van der Waals surface area contributed by atoms with Crippen molar-refractivity contribution in [1.29, 1.82) is 0 Å². The topological polar surface area (TPSA) is 110 Å². The number of anilines is 5. The number of aromatic nitrogens is 3. The molecule has 0 saturated heterocycles. The zero-order chi connectivity index (χ0) is 29.7. The van der Waals surface area contributed by atoms with Gasteiger partial charge in [-0.05, 0) is 24.3 Å². The van der Waals surface area contributed by atoms with Crippen molar-refractivity contribution in [2.75, 3.05) is 30.2 Å². The molecule has 0 saturated carbocycles. The van der Waals surface area contributed by atoms with Crippen LogP contribution in [0.25, 0.3) is 11.3 Å². The Hall–Kier alpha value is -4.55. The number of rotatable bonds is 9. The summed E-state index contributed by atoms with van der Waals surface area (Å²) in [6.45, 7) is 2.83. The molecule has 0 aliphatic carbocycles. The maximum atomic E-state index is 12.9. The molecule has 41 heavy (non-hydrogen) atoms. The molecule has 14 heteroatoms. The molecule has 9 nitrogen and oxygen atoms in total. The van der Waals surface area contributed by atoms with Gasteiger partial charge in [0.2, 0.25) is 0 Å². The highest BCUT2D eigenvalue weighted by Crippen LogP contribution is 2.45. The fourth-order valence-corrected chi connectivity index (χ4v) is 4.16. The standard InChI is InChI=1S/C27H21Cl2F3N6O3/c1-14(27(30,31)32)26(39)37-17-9-5-4-8-16(17)36-21-11-18(34-13-35-21)15-7-6-10-33-25(15)38-24-22(28)19(40-2)12-20(41-3)23(24)29/h4-13H,1H2,2-3H3,(H,33,38)(H,37,39)(H,34,35,36). The Labute approximate surface area is 242 Å². The molecule has 2 aromatic heterocycles. The lowest BCUT2D eigenvalue weighted by Crippen LogP contribution is -2.25. The van der Waals surface area contributed by atoms with Gasteiger partial charge in [-0.25, -0.2) is 15.0 Å². The fraction of sp³-hybridized carbons (Fsp3) is 0.111. The van der Waals surface area contributed by atoms with Crippen LogP contribution in [0.15, 0.2) is 73.2 Å². The van der Waals surface area contributed by atoms with Crippen LogP contribution in [0.5, 0.6) is 11.5 Å². The highest BCUT2D eigenvalue weighted by Gasteiger charge is 2.37. The summed E-state index contributed by atoms with van der Waals surface area (Å²) < 4.78 is 49.4. The minimum Gasteiger partial charge on any atom is -0.495 e. The summed E-state index contributed by atoms with van der Waals surface area (Å²) in [7, 11) is 2.91. The van der Waals surface area contributed by atoms with Gasteiger partial charge in [0.05, 0.1) is 37.0 Å². The number of pyridine rings is 1. The van der Waals surface area contributed by atoms with Crippen molar-refractivity contribution in [2.24, 2.45) is 0 Å². The predicted octanol–water partition coefficient (Wildman–Crippen LogP) is 7.41. The van der Waals surface area contributed by atoms with E-state index < -0.39 is 17.7 Å². The molecule has 2 heterocycles. The van der Waals surface area contributed by atoms with Crippen molar-refractivity contribution >= 4 is 57.8 Å². The van der Waals surface area contributed by atoms with E-state index in [9.17, 15) is 18.0 Å². The number of carbonyl (C=O) groups excluding carboxylic acids is 1. The second kappa shape index (κ2) is 12.3. The molecular weight excluding hydrogens is 584 g/mol. The van der Waals surface area contributed by atoms with Crippen LogP contribution in [0.4, 0.5) is 41.9 Å². The number of ether oxygens (including phenoxy) is 2. The molecule has 212 valence electrons. The molecule has 3 N–H and O–H groups in total. The molecule has 0 atom stereocenters. The smallest absolute Gasteiger partial charge is 0.421 e. The molecule has 0 unspecified atom stereocenters. The van der Waals surface area contributed by atoms with E-state index in [1.165, 1.54) is 26.6 Å². The molecule has 0 aliphatic rings. The van der Waals surface area contributed by atoms with Gasteiger partial charge in [0.15, 0.2) is 0 Å². The number of hydrogen-bond acceptors (Lipinski definition) is 8. The van der Waals surface area contributed by atoms with Crippen molar-refractivity contribution in [2.45, 2.75) is 6.18 Å². The summed E-state index contributed by atoms with van der Waals surface area (Å²) in [5, 5.41) is 8.73. The average Bonchev–Trinajstić information content (AvgIpc) is 2.96. The maximum absolute atomic E-state index is 12.9. The number of benzene rings is 2. The summed E-state index contributed by atoms with van der Waals surface area (Å²) in [5.41, 5.74) is 0.0984. The van der Waals surface area contributed by atoms with Crippen LogP contribution in [-0.2, 0) is 4.79 Å². The number of halogens is 5. The molecular formula is C27H21Cl2F3N6O3. The summed E-state index contributed by atoms with van der Waals surface area (Å²) in [5.74, 6) is -0.112. The van der Waals surface area contributed by atoms with E-state index in [1.54, 1.807) is 48.7 Å². The first-order chi connectivity index (χ1) is 19.5. The number of alkyl halides is 3. The van der Waals surface area contributed by atoms with Gasteiger partial charge in [0.25, 0.3) is 5.91 Å². The van der Waals surface area contributed by atoms with E-state index in [0.717, 1.165) is 0 Å². The van der Waals surface area contributed by atoms with Crippen LogP contribution in [-0.4, -0.2) is 41.3 Å². The molecule has 0 spiro atoms. The first-order valence-electron chi connectivity index (χ1n) is 11.6. The molecule has 4 rings (SSSR count).